The van der Waals surface area contributed by atoms with E-state index in [1.54, 1.807) is 12.1 Å². The SMILES string of the molecule is CCc1cc2c(cc1N1CCN(C(=O)COCCCNC(=O)[C@@H](N)C(C)(C)C)CC1)C(C)(C)c1[nH]c3cc(C#N)ccc3c1C2=O.O=C(O)C(F)(F)F. The highest BCUT2D eigenvalue weighted by Gasteiger charge is 2.41. The number of piperazine rings is 1. The molecule has 12 nitrogen and oxygen atoms in total. The van der Waals surface area contributed by atoms with E-state index >= 15 is 0 Å². The summed E-state index contributed by atoms with van der Waals surface area (Å²) in [5.41, 5.74) is 12.1. The Labute approximate surface area is 306 Å². The van der Waals surface area contributed by atoms with Gasteiger partial charge in [-0.3, -0.25) is 14.4 Å². The summed E-state index contributed by atoms with van der Waals surface area (Å²) in [7, 11) is 0. The number of aromatic nitrogens is 1. The van der Waals surface area contributed by atoms with E-state index in [9.17, 15) is 32.8 Å². The fraction of sp³-hybridized carbons (Fsp3) is 0.500. The Hall–Kier alpha value is -4.94. The number of carbonyl (C=O) groups excluding carboxylic acids is 3. The van der Waals surface area contributed by atoms with Gasteiger partial charge in [0.1, 0.15) is 6.61 Å². The lowest BCUT2D eigenvalue weighted by atomic mass is 9.70. The number of halogens is 3. The predicted molar refractivity (Wildman–Crippen MR) is 193 cm³/mol. The number of nitrogens with two attached hydrogens (primary N) is 1. The molecule has 0 spiro atoms. The maximum Gasteiger partial charge on any atom is 0.490 e. The summed E-state index contributed by atoms with van der Waals surface area (Å²) < 4.78 is 37.4. The Kier molecular flexibility index (Phi) is 12.3. The molecular weight excluding hydrogens is 693 g/mol. The first-order valence-corrected chi connectivity index (χ1v) is 17.4. The van der Waals surface area contributed by atoms with Crippen LogP contribution in [0, 0.1) is 16.7 Å². The summed E-state index contributed by atoms with van der Waals surface area (Å²) in [6.07, 6.45) is -3.71. The maximum absolute atomic E-state index is 14.0. The number of nitrogens with zero attached hydrogens (tertiary/aromatic N) is 3. The Balaban J connectivity index is 0.000000815. The van der Waals surface area contributed by atoms with Gasteiger partial charge in [-0.2, -0.15) is 18.4 Å². The molecule has 5 rings (SSSR count). The third kappa shape index (κ3) is 9.00. The number of aromatic amines is 1. The van der Waals surface area contributed by atoms with Crippen molar-refractivity contribution in [2.45, 2.75) is 72.0 Å². The summed E-state index contributed by atoms with van der Waals surface area (Å²) in [5, 5.41) is 20.2. The Bertz CT molecular complexity index is 1920. The van der Waals surface area contributed by atoms with Crippen molar-refractivity contribution in [2.24, 2.45) is 11.1 Å². The molecule has 1 aliphatic heterocycles. The molecule has 15 heteroatoms. The number of hydrogen-bond donors (Lipinski definition) is 4. The number of alkyl halides is 3. The number of benzene rings is 2. The lowest BCUT2D eigenvalue weighted by molar-refractivity contribution is -0.192. The van der Waals surface area contributed by atoms with Gasteiger partial charge in [0.2, 0.25) is 11.8 Å². The van der Waals surface area contributed by atoms with Gasteiger partial charge in [0.05, 0.1) is 23.2 Å². The molecule has 1 aromatic heterocycles. The summed E-state index contributed by atoms with van der Waals surface area (Å²) in [4.78, 5) is 55.5. The van der Waals surface area contributed by atoms with Gasteiger partial charge in [0.25, 0.3) is 0 Å². The highest BCUT2D eigenvalue weighted by molar-refractivity contribution is 6.20. The molecule has 1 aliphatic carbocycles. The molecule has 286 valence electrons. The van der Waals surface area contributed by atoms with Crippen molar-refractivity contribution in [1.29, 1.82) is 5.26 Å². The van der Waals surface area contributed by atoms with E-state index < -0.39 is 23.6 Å². The van der Waals surface area contributed by atoms with Crippen LogP contribution < -0.4 is 16.0 Å². The number of amides is 2. The number of fused-ring (bicyclic) bond motifs is 4. The van der Waals surface area contributed by atoms with Gasteiger partial charge in [-0.15, -0.1) is 0 Å². The van der Waals surface area contributed by atoms with Crippen LogP contribution >= 0.6 is 0 Å². The molecule has 0 radical (unpaired) electrons. The third-order valence-electron chi connectivity index (χ3n) is 9.72. The van der Waals surface area contributed by atoms with Crippen LogP contribution in [0.15, 0.2) is 30.3 Å². The minimum Gasteiger partial charge on any atom is -0.475 e. The van der Waals surface area contributed by atoms with Crippen LogP contribution in [0.4, 0.5) is 18.9 Å². The van der Waals surface area contributed by atoms with E-state index in [-0.39, 0.29) is 29.6 Å². The fourth-order valence-electron chi connectivity index (χ4n) is 6.49. The predicted octanol–water partition coefficient (Wildman–Crippen LogP) is 4.65. The first kappa shape index (κ1) is 40.8. The number of ether oxygens (including phenoxy) is 1. The number of aliphatic carboxylic acids is 1. The van der Waals surface area contributed by atoms with Gasteiger partial charge in [0.15, 0.2) is 5.78 Å². The van der Waals surface area contributed by atoms with Gasteiger partial charge < -0.3 is 35.7 Å². The molecule has 2 amide bonds. The van der Waals surface area contributed by atoms with Gasteiger partial charge in [-0.05, 0) is 53.6 Å². The number of aryl methyl sites for hydroxylation is 1. The molecule has 3 aromatic rings. The Morgan fingerprint density at radius 1 is 1.11 bits per heavy atom. The first-order chi connectivity index (χ1) is 24.7. The third-order valence-corrected chi connectivity index (χ3v) is 9.72. The zero-order chi connectivity index (χ0) is 39.5. The van der Waals surface area contributed by atoms with Crippen molar-refractivity contribution >= 4 is 40.2 Å². The molecule has 0 bridgehead atoms. The van der Waals surface area contributed by atoms with Crippen LogP contribution in [0.5, 0.6) is 0 Å². The van der Waals surface area contributed by atoms with E-state index in [0.717, 1.165) is 45.4 Å². The number of nitrogens with one attached hydrogen (secondary N) is 2. The Morgan fingerprint density at radius 2 is 1.75 bits per heavy atom. The van der Waals surface area contributed by atoms with Crippen LogP contribution in [-0.4, -0.2) is 96.7 Å². The van der Waals surface area contributed by atoms with Crippen LogP contribution in [0.2, 0.25) is 0 Å². The van der Waals surface area contributed by atoms with Crippen molar-refractivity contribution < 1.29 is 42.2 Å². The molecule has 5 N–H and O–H groups in total. The molecule has 0 unspecified atom stereocenters. The summed E-state index contributed by atoms with van der Waals surface area (Å²) in [6, 6.07) is 11.3. The zero-order valence-electron chi connectivity index (χ0n) is 30.9. The summed E-state index contributed by atoms with van der Waals surface area (Å²) >= 11 is 0. The normalized spacial score (nSPS) is 15.8. The van der Waals surface area contributed by atoms with Crippen molar-refractivity contribution in [3.05, 3.63) is 63.8 Å². The van der Waals surface area contributed by atoms with Crippen molar-refractivity contribution in [3.8, 4) is 6.07 Å². The first-order valence-electron chi connectivity index (χ1n) is 17.4. The van der Waals surface area contributed by atoms with Crippen molar-refractivity contribution in [2.75, 3.05) is 50.8 Å². The quantitative estimate of drug-likeness (QED) is 0.227. The number of rotatable bonds is 9. The number of ketones is 1. The lowest BCUT2D eigenvalue weighted by Gasteiger charge is -2.39. The molecular formula is C38H47F3N6O6. The average Bonchev–Trinajstić information content (AvgIpc) is 3.51. The van der Waals surface area contributed by atoms with Gasteiger partial charge in [0, 0.05) is 72.6 Å². The maximum atomic E-state index is 14.0. The monoisotopic (exact) mass is 740 g/mol. The minimum absolute atomic E-state index is 0.00723. The highest BCUT2D eigenvalue weighted by Crippen LogP contribution is 2.46. The van der Waals surface area contributed by atoms with E-state index in [2.05, 4.69) is 54.2 Å². The Morgan fingerprint density at radius 3 is 2.32 bits per heavy atom. The number of carboxylic acids is 1. The summed E-state index contributed by atoms with van der Waals surface area (Å²) in [5.74, 6) is -2.97. The minimum atomic E-state index is -5.08. The van der Waals surface area contributed by atoms with Gasteiger partial charge >= 0.3 is 12.1 Å². The number of anilines is 1. The van der Waals surface area contributed by atoms with E-state index in [0.29, 0.717) is 56.9 Å². The number of H-pyrrole nitrogens is 1. The van der Waals surface area contributed by atoms with E-state index in [1.165, 1.54) is 0 Å². The van der Waals surface area contributed by atoms with Crippen LogP contribution in [0.25, 0.3) is 10.9 Å². The number of nitriles is 1. The van der Waals surface area contributed by atoms with E-state index in [1.807, 2.05) is 31.7 Å². The molecule has 0 saturated carbocycles. The second kappa shape index (κ2) is 16.0. The van der Waals surface area contributed by atoms with E-state index in [4.69, 9.17) is 20.4 Å². The van der Waals surface area contributed by atoms with Gasteiger partial charge in [-0.25, -0.2) is 4.79 Å². The average molecular weight is 741 g/mol. The smallest absolute Gasteiger partial charge is 0.475 e. The topological polar surface area (TPSA) is 182 Å². The molecule has 53 heavy (non-hydrogen) atoms. The second-order valence-electron chi connectivity index (χ2n) is 14.8. The standard InChI is InChI=1S/C36H46N6O4.C2HF3O2/c1-7-23-18-25-26(36(5,6)33-30(31(25)44)24-10-9-22(20-37)17-27(24)40-33)19-28(23)41-12-14-42(15-13-41)29(43)21-46-16-8-11-39-34(45)32(38)35(2,3)4;3-2(4,5)1(6)7/h9-10,17-19,32,40H,7-8,11-16,21,38H2,1-6H3,(H,39,45);(H,6,7)/t32-;/m1./s1. The number of hydrogen-bond acceptors (Lipinski definition) is 8. The van der Waals surface area contributed by atoms with Crippen LogP contribution in [0.1, 0.15) is 86.3 Å². The molecule has 2 aromatic carbocycles. The molecule has 2 aliphatic rings. The fourth-order valence-corrected chi connectivity index (χ4v) is 6.49. The zero-order valence-corrected chi connectivity index (χ0v) is 30.9. The van der Waals surface area contributed by atoms with Crippen LogP contribution in [-0.2, 0) is 31.0 Å². The van der Waals surface area contributed by atoms with Crippen molar-refractivity contribution in [1.82, 2.24) is 15.2 Å². The largest absolute Gasteiger partial charge is 0.490 e. The molecule has 1 saturated heterocycles. The second-order valence-corrected chi connectivity index (χ2v) is 14.8. The number of carboxylic acid groups (broad SMARTS) is 1. The molecule has 1 fully saturated rings. The van der Waals surface area contributed by atoms with Crippen molar-refractivity contribution in [3.63, 3.8) is 0 Å². The van der Waals surface area contributed by atoms with Gasteiger partial charge in [-0.1, -0.05) is 47.6 Å². The summed E-state index contributed by atoms with van der Waals surface area (Å²) in [6.45, 7) is 15.5. The number of carbonyl (C=O) groups is 4. The molecule has 1 atom stereocenters. The highest BCUT2D eigenvalue weighted by atomic mass is 19.4. The lowest BCUT2D eigenvalue weighted by Crippen LogP contribution is -2.50. The molecule has 2 heterocycles. The van der Waals surface area contributed by atoms with Crippen LogP contribution in [0.3, 0.4) is 0 Å².